The molecule has 100 valence electrons. The van der Waals surface area contributed by atoms with Gasteiger partial charge in [0.1, 0.15) is 13.2 Å². The molecule has 0 aromatic rings. The highest BCUT2D eigenvalue weighted by molar-refractivity contribution is 5.77. The minimum Gasteiger partial charge on any atom is -0.396 e. The number of ether oxygens (including phenoxy) is 1. The molecular weight excluding hydrogens is 239 g/mol. The van der Waals surface area contributed by atoms with Gasteiger partial charge in [-0.3, -0.25) is 4.79 Å². The zero-order chi connectivity index (χ0) is 12.9. The van der Waals surface area contributed by atoms with Gasteiger partial charge in [-0.05, 0) is 18.8 Å². The first-order chi connectivity index (χ1) is 7.92. The fraction of sp³-hybridized carbons (Fsp3) is 0.900. The molecule has 4 nitrogen and oxygen atoms in total. The lowest BCUT2D eigenvalue weighted by Gasteiger charge is -2.31. The Bertz CT molecular complexity index is 250. The Morgan fingerprint density at radius 1 is 1.35 bits per heavy atom. The zero-order valence-electron chi connectivity index (χ0n) is 9.37. The summed E-state index contributed by atoms with van der Waals surface area (Å²) in [5, 5.41) is 8.89. The minimum atomic E-state index is -4.40. The van der Waals surface area contributed by atoms with Crippen LogP contribution in [0.25, 0.3) is 0 Å². The predicted octanol–water partition coefficient (Wildman–Crippen LogP) is 0.796. The Kier molecular flexibility index (Phi) is 5.20. The van der Waals surface area contributed by atoms with E-state index in [0.29, 0.717) is 25.9 Å². The molecule has 1 heterocycles. The molecule has 0 bridgehead atoms. The molecule has 0 spiro atoms. The Labute approximate surface area is 97.3 Å². The van der Waals surface area contributed by atoms with Gasteiger partial charge in [0.15, 0.2) is 0 Å². The Morgan fingerprint density at radius 3 is 2.41 bits per heavy atom. The number of nitrogens with zero attached hydrogens (tertiary/aromatic N) is 1. The van der Waals surface area contributed by atoms with E-state index in [1.54, 1.807) is 0 Å². The van der Waals surface area contributed by atoms with Crippen LogP contribution in [0.15, 0.2) is 0 Å². The number of hydrogen-bond donors (Lipinski definition) is 1. The summed E-state index contributed by atoms with van der Waals surface area (Å²) in [5.41, 5.74) is 0. The van der Waals surface area contributed by atoms with E-state index in [4.69, 9.17) is 5.11 Å². The van der Waals surface area contributed by atoms with Crippen molar-refractivity contribution in [3.05, 3.63) is 0 Å². The highest BCUT2D eigenvalue weighted by Crippen LogP contribution is 2.17. The topological polar surface area (TPSA) is 49.8 Å². The minimum absolute atomic E-state index is 0.0899. The van der Waals surface area contributed by atoms with Crippen LogP contribution >= 0.6 is 0 Å². The van der Waals surface area contributed by atoms with Crippen LogP contribution in [0.2, 0.25) is 0 Å². The number of alkyl halides is 3. The second-order valence-corrected chi connectivity index (χ2v) is 4.11. The second kappa shape index (κ2) is 6.20. The largest absolute Gasteiger partial charge is 0.411 e. The molecule has 0 atom stereocenters. The van der Waals surface area contributed by atoms with Crippen LogP contribution in [0.4, 0.5) is 13.2 Å². The van der Waals surface area contributed by atoms with E-state index in [1.807, 2.05) is 0 Å². The standard InChI is InChI=1S/C10H16F3NO3/c11-10(12,13)7-17-6-9(16)14-3-1-8(5-15)2-4-14/h8,15H,1-7H2. The van der Waals surface area contributed by atoms with Crippen LogP contribution in [-0.2, 0) is 9.53 Å². The van der Waals surface area contributed by atoms with E-state index in [9.17, 15) is 18.0 Å². The molecule has 1 amide bonds. The van der Waals surface area contributed by atoms with Crippen LogP contribution in [0.5, 0.6) is 0 Å². The lowest BCUT2D eigenvalue weighted by atomic mass is 9.98. The van der Waals surface area contributed by atoms with Crippen molar-refractivity contribution in [3.8, 4) is 0 Å². The van der Waals surface area contributed by atoms with Crippen molar-refractivity contribution in [2.75, 3.05) is 32.9 Å². The Hall–Kier alpha value is -0.820. The Morgan fingerprint density at radius 2 is 1.94 bits per heavy atom. The van der Waals surface area contributed by atoms with Gasteiger partial charge in [0.2, 0.25) is 5.91 Å². The number of likely N-dealkylation sites (tertiary alicyclic amines) is 1. The fourth-order valence-electron chi connectivity index (χ4n) is 1.71. The van der Waals surface area contributed by atoms with Crippen molar-refractivity contribution in [2.45, 2.75) is 19.0 Å². The molecule has 17 heavy (non-hydrogen) atoms. The van der Waals surface area contributed by atoms with Crippen LogP contribution < -0.4 is 0 Å². The van der Waals surface area contributed by atoms with Gasteiger partial charge in [-0.2, -0.15) is 13.2 Å². The molecule has 1 aliphatic rings. The van der Waals surface area contributed by atoms with E-state index < -0.39 is 25.3 Å². The van der Waals surface area contributed by atoms with Gasteiger partial charge in [0.25, 0.3) is 0 Å². The lowest BCUT2D eigenvalue weighted by molar-refractivity contribution is -0.178. The molecule has 1 rings (SSSR count). The van der Waals surface area contributed by atoms with E-state index in [0.717, 1.165) is 0 Å². The predicted molar refractivity (Wildman–Crippen MR) is 53.3 cm³/mol. The van der Waals surface area contributed by atoms with Gasteiger partial charge in [0, 0.05) is 19.7 Å². The van der Waals surface area contributed by atoms with Crippen LogP contribution in [0.1, 0.15) is 12.8 Å². The van der Waals surface area contributed by atoms with Gasteiger partial charge >= 0.3 is 6.18 Å². The molecule has 0 aromatic carbocycles. The van der Waals surface area contributed by atoms with Crippen molar-refractivity contribution in [3.63, 3.8) is 0 Å². The SMILES string of the molecule is O=C(COCC(F)(F)F)N1CCC(CO)CC1. The number of halogens is 3. The van der Waals surface area contributed by atoms with Crippen molar-refractivity contribution in [1.29, 1.82) is 0 Å². The molecule has 1 aliphatic heterocycles. The maximum atomic E-state index is 11.8. The van der Waals surface area contributed by atoms with Gasteiger partial charge in [-0.25, -0.2) is 0 Å². The van der Waals surface area contributed by atoms with Crippen molar-refractivity contribution >= 4 is 5.91 Å². The maximum Gasteiger partial charge on any atom is 0.411 e. The summed E-state index contributed by atoms with van der Waals surface area (Å²) in [6.45, 7) is -0.902. The van der Waals surface area contributed by atoms with Crippen LogP contribution in [0, 0.1) is 5.92 Å². The van der Waals surface area contributed by atoms with Gasteiger partial charge in [-0.15, -0.1) is 0 Å². The molecule has 0 unspecified atom stereocenters. The number of aliphatic hydroxyl groups excluding tert-OH is 1. The third-order valence-electron chi connectivity index (χ3n) is 2.72. The number of piperidine rings is 1. The Balaban J connectivity index is 2.21. The van der Waals surface area contributed by atoms with Crippen molar-refractivity contribution in [2.24, 2.45) is 5.92 Å². The summed E-state index contributed by atoms with van der Waals surface area (Å²) in [7, 11) is 0. The highest BCUT2D eigenvalue weighted by Gasteiger charge is 2.29. The van der Waals surface area contributed by atoms with Crippen LogP contribution in [0.3, 0.4) is 0 Å². The molecule has 0 aliphatic carbocycles. The van der Waals surface area contributed by atoms with Gasteiger partial charge in [-0.1, -0.05) is 0 Å². The summed E-state index contributed by atoms with van der Waals surface area (Å²) in [6.07, 6.45) is -3.03. The number of rotatable bonds is 4. The number of carbonyl (C=O) groups excluding carboxylic acids is 1. The second-order valence-electron chi connectivity index (χ2n) is 4.11. The number of carbonyl (C=O) groups is 1. The lowest BCUT2D eigenvalue weighted by Crippen LogP contribution is -2.41. The van der Waals surface area contributed by atoms with Crippen molar-refractivity contribution in [1.82, 2.24) is 4.90 Å². The maximum absolute atomic E-state index is 11.8. The molecule has 1 fully saturated rings. The van der Waals surface area contributed by atoms with E-state index in [1.165, 1.54) is 4.90 Å². The summed E-state index contributed by atoms with van der Waals surface area (Å²) in [4.78, 5) is 12.9. The molecule has 7 heteroatoms. The molecule has 1 N–H and O–H groups in total. The summed E-state index contributed by atoms with van der Waals surface area (Å²) in [5.74, 6) is -0.235. The normalized spacial score (nSPS) is 18.5. The zero-order valence-corrected chi connectivity index (χ0v) is 9.37. The monoisotopic (exact) mass is 255 g/mol. The first-order valence-electron chi connectivity index (χ1n) is 5.45. The van der Waals surface area contributed by atoms with Crippen molar-refractivity contribution < 1.29 is 27.8 Å². The van der Waals surface area contributed by atoms with Gasteiger partial charge in [0.05, 0.1) is 0 Å². The fourth-order valence-corrected chi connectivity index (χ4v) is 1.71. The quantitative estimate of drug-likeness (QED) is 0.808. The smallest absolute Gasteiger partial charge is 0.396 e. The van der Waals surface area contributed by atoms with E-state index >= 15 is 0 Å². The number of amides is 1. The molecule has 0 radical (unpaired) electrons. The van der Waals surface area contributed by atoms with Crippen LogP contribution in [-0.4, -0.2) is 55.0 Å². The summed E-state index contributed by atoms with van der Waals surface area (Å²) in [6, 6.07) is 0. The summed E-state index contributed by atoms with van der Waals surface area (Å²) >= 11 is 0. The average molecular weight is 255 g/mol. The number of aliphatic hydroxyl groups is 1. The molecule has 0 aromatic heterocycles. The average Bonchev–Trinajstić information content (AvgIpc) is 2.27. The molecule has 0 saturated carbocycles. The van der Waals surface area contributed by atoms with E-state index in [2.05, 4.69) is 4.74 Å². The first kappa shape index (κ1) is 14.2. The van der Waals surface area contributed by atoms with E-state index in [-0.39, 0.29) is 12.5 Å². The summed E-state index contributed by atoms with van der Waals surface area (Å²) < 4.78 is 39.6. The first-order valence-corrected chi connectivity index (χ1v) is 5.45. The third kappa shape index (κ3) is 5.36. The molecule has 1 saturated heterocycles. The third-order valence-corrected chi connectivity index (χ3v) is 2.72. The highest BCUT2D eigenvalue weighted by atomic mass is 19.4. The number of hydrogen-bond acceptors (Lipinski definition) is 3. The van der Waals surface area contributed by atoms with Gasteiger partial charge < -0.3 is 14.7 Å². The molecular formula is C10H16F3NO3.